The van der Waals surface area contributed by atoms with Gasteiger partial charge in [0.1, 0.15) is 11.5 Å². The third kappa shape index (κ3) is 4.03. The number of hydrogen-bond acceptors (Lipinski definition) is 6. The van der Waals surface area contributed by atoms with E-state index in [1.54, 1.807) is 6.92 Å². The standard InChI is InChI=1S/C25H23N3O5S/c1-14-21(22(29)28-11-10-15(12-28)23(30)31)34-24(26-14)27-25(32)33-13-20-18-8-4-2-6-16(18)17-7-3-5-9-19(17)20/h2-9,15,20H,10-13H2,1H3,(H,30,31)(H,26,27,32). The number of carboxylic acid groups (broad SMARTS) is 1. The first kappa shape index (κ1) is 22.1. The van der Waals surface area contributed by atoms with Gasteiger partial charge in [0.25, 0.3) is 5.91 Å². The van der Waals surface area contributed by atoms with Crippen molar-refractivity contribution in [1.82, 2.24) is 9.88 Å². The fourth-order valence-electron chi connectivity index (χ4n) is 4.66. The summed E-state index contributed by atoms with van der Waals surface area (Å²) in [6.45, 7) is 2.45. The molecule has 0 spiro atoms. The minimum atomic E-state index is -0.895. The second-order valence-corrected chi connectivity index (χ2v) is 9.46. The lowest BCUT2D eigenvalue weighted by molar-refractivity contribution is -0.141. The zero-order chi connectivity index (χ0) is 23.8. The van der Waals surface area contributed by atoms with Crippen molar-refractivity contribution in [2.75, 3.05) is 25.0 Å². The van der Waals surface area contributed by atoms with Gasteiger partial charge >= 0.3 is 12.1 Å². The molecule has 2 aromatic carbocycles. The number of rotatable bonds is 5. The first-order valence-corrected chi connectivity index (χ1v) is 11.9. The molecule has 2 N–H and O–H groups in total. The second kappa shape index (κ2) is 8.90. The Hall–Kier alpha value is -3.72. The van der Waals surface area contributed by atoms with E-state index in [1.165, 1.54) is 4.90 Å². The van der Waals surface area contributed by atoms with Crippen LogP contribution in [0.4, 0.5) is 9.93 Å². The highest BCUT2D eigenvalue weighted by molar-refractivity contribution is 7.17. The van der Waals surface area contributed by atoms with E-state index in [-0.39, 0.29) is 30.1 Å². The molecule has 1 fully saturated rings. The molecule has 2 amide bonds. The maximum absolute atomic E-state index is 12.8. The number of carboxylic acids is 1. The molecule has 1 aliphatic carbocycles. The topological polar surface area (TPSA) is 109 Å². The first-order valence-electron chi connectivity index (χ1n) is 11.0. The van der Waals surface area contributed by atoms with E-state index in [1.807, 2.05) is 24.3 Å². The summed E-state index contributed by atoms with van der Waals surface area (Å²) < 4.78 is 5.55. The maximum Gasteiger partial charge on any atom is 0.413 e. The molecule has 0 bridgehead atoms. The van der Waals surface area contributed by atoms with Crippen LogP contribution in [0.5, 0.6) is 0 Å². The van der Waals surface area contributed by atoms with E-state index in [4.69, 9.17) is 9.84 Å². The van der Waals surface area contributed by atoms with Crippen LogP contribution in [-0.2, 0) is 9.53 Å². The molecule has 5 rings (SSSR count). The summed E-state index contributed by atoms with van der Waals surface area (Å²) in [4.78, 5) is 42.7. The number of amides is 2. The lowest BCUT2D eigenvalue weighted by atomic mass is 9.98. The van der Waals surface area contributed by atoms with Crippen molar-refractivity contribution in [3.05, 3.63) is 70.2 Å². The number of fused-ring (bicyclic) bond motifs is 3. The molecule has 34 heavy (non-hydrogen) atoms. The maximum atomic E-state index is 12.8. The van der Waals surface area contributed by atoms with E-state index >= 15 is 0 Å². The molecule has 1 atom stereocenters. The Morgan fingerprint density at radius 3 is 2.38 bits per heavy atom. The number of aliphatic carboxylic acids is 1. The monoisotopic (exact) mass is 477 g/mol. The number of thiazole rings is 1. The van der Waals surface area contributed by atoms with Crippen LogP contribution in [-0.4, -0.2) is 52.7 Å². The number of aryl methyl sites for hydroxylation is 1. The van der Waals surface area contributed by atoms with Gasteiger partial charge in [-0.2, -0.15) is 0 Å². The molecule has 8 nitrogen and oxygen atoms in total. The van der Waals surface area contributed by atoms with Gasteiger partial charge in [0.15, 0.2) is 5.13 Å². The van der Waals surface area contributed by atoms with Crippen LogP contribution >= 0.6 is 11.3 Å². The minimum Gasteiger partial charge on any atom is -0.481 e. The molecule has 0 radical (unpaired) electrons. The third-order valence-electron chi connectivity index (χ3n) is 6.37. The number of carbonyl (C=O) groups is 3. The zero-order valence-corrected chi connectivity index (χ0v) is 19.3. The highest BCUT2D eigenvalue weighted by Gasteiger charge is 2.33. The van der Waals surface area contributed by atoms with Gasteiger partial charge in [0.2, 0.25) is 0 Å². The number of aromatic nitrogens is 1. The Morgan fingerprint density at radius 2 is 1.76 bits per heavy atom. The van der Waals surface area contributed by atoms with Crippen molar-refractivity contribution >= 4 is 34.4 Å². The predicted molar refractivity (Wildman–Crippen MR) is 127 cm³/mol. The molecule has 174 valence electrons. The van der Waals surface area contributed by atoms with Crippen molar-refractivity contribution in [2.24, 2.45) is 5.92 Å². The number of nitrogens with zero attached hydrogens (tertiary/aromatic N) is 2. The van der Waals surface area contributed by atoms with Gasteiger partial charge < -0.3 is 14.7 Å². The highest BCUT2D eigenvalue weighted by atomic mass is 32.1. The summed E-state index contributed by atoms with van der Waals surface area (Å²) in [5.74, 6) is -1.76. The highest BCUT2D eigenvalue weighted by Crippen LogP contribution is 2.44. The van der Waals surface area contributed by atoms with Crippen LogP contribution in [0.3, 0.4) is 0 Å². The number of hydrogen-bond donors (Lipinski definition) is 2. The van der Waals surface area contributed by atoms with Crippen molar-refractivity contribution in [3.63, 3.8) is 0 Å². The molecule has 0 saturated carbocycles. The average molecular weight is 478 g/mol. The van der Waals surface area contributed by atoms with Gasteiger partial charge in [-0.25, -0.2) is 9.78 Å². The molecule has 2 aliphatic rings. The fourth-order valence-corrected chi connectivity index (χ4v) is 5.58. The fraction of sp³-hybridized carbons (Fsp3) is 0.280. The minimum absolute atomic E-state index is 0.0503. The molecule has 1 unspecified atom stereocenters. The second-order valence-electron chi connectivity index (χ2n) is 8.46. The van der Waals surface area contributed by atoms with Crippen molar-refractivity contribution in [3.8, 4) is 11.1 Å². The number of carbonyl (C=O) groups excluding carboxylic acids is 2. The summed E-state index contributed by atoms with van der Waals surface area (Å²) in [7, 11) is 0. The lowest BCUT2D eigenvalue weighted by Crippen LogP contribution is -2.29. The van der Waals surface area contributed by atoms with Gasteiger partial charge in [-0.3, -0.25) is 14.9 Å². The summed E-state index contributed by atoms with van der Waals surface area (Å²) in [6, 6.07) is 16.2. The van der Waals surface area contributed by atoms with Crippen LogP contribution in [0.1, 0.15) is 38.8 Å². The Morgan fingerprint density at radius 1 is 1.12 bits per heavy atom. The smallest absolute Gasteiger partial charge is 0.413 e. The molecule has 1 aromatic heterocycles. The van der Waals surface area contributed by atoms with E-state index in [0.717, 1.165) is 33.6 Å². The first-order chi connectivity index (χ1) is 16.4. The average Bonchev–Trinajstić information content (AvgIpc) is 3.53. The van der Waals surface area contributed by atoms with E-state index in [0.29, 0.717) is 23.5 Å². The van der Waals surface area contributed by atoms with Crippen molar-refractivity contribution in [1.29, 1.82) is 0 Å². The lowest BCUT2D eigenvalue weighted by Gasteiger charge is -2.14. The van der Waals surface area contributed by atoms with Crippen molar-refractivity contribution < 1.29 is 24.2 Å². The van der Waals surface area contributed by atoms with Gasteiger partial charge in [-0.05, 0) is 35.6 Å². The molecular weight excluding hydrogens is 454 g/mol. The molecule has 9 heteroatoms. The molecule has 2 heterocycles. The zero-order valence-electron chi connectivity index (χ0n) is 18.5. The largest absolute Gasteiger partial charge is 0.481 e. The van der Waals surface area contributed by atoms with Gasteiger partial charge in [0.05, 0.1) is 11.6 Å². The van der Waals surface area contributed by atoms with E-state index in [2.05, 4.69) is 34.6 Å². The summed E-state index contributed by atoms with van der Waals surface area (Å²) in [5.41, 5.74) is 5.04. The van der Waals surface area contributed by atoms with Crippen LogP contribution in [0, 0.1) is 12.8 Å². The van der Waals surface area contributed by atoms with E-state index in [9.17, 15) is 14.4 Å². The quantitative estimate of drug-likeness (QED) is 0.565. The summed E-state index contributed by atoms with van der Waals surface area (Å²) >= 11 is 1.07. The Labute approximate surface area is 200 Å². The number of ether oxygens (including phenoxy) is 1. The van der Waals surface area contributed by atoms with Gasteiger partial charge in [-0.15, -0.1) is 0 Å². The van der Waals surface area contributed by atoms with E-state index < -0.39 is 18.0 Å². The molecule has 3 aromatic rings. The number of likely N-dealkylation sites (tertiary alicyclic amines) is 1. The number of benzene rings is 2. The Balaban J connectivity index is 1.23. The molecule has 1 aliphatic heterocycles. The van der Waals surface area contributed by atoms with Crippen molar-refractivity contribution in [2.45, 2.75) is 19.3 Å². The predicted octanol–water partition coefficient (Wildman–Crippen LogP) is 4.36. The normalized spacial score (nSPS) is 16.7. The van der Waals surface area contributed by atoms with Crippen LogP contribution in [0.15, 0.2) is 48.5 Å². The van der Waals surface area contributed by atoms with Gasteiger partial charge in [-0.1, -0.05) is 59.9 Å². The van der Waals surface area contributed by atoms with Crippen LogP contribution < -0.4 is 5.32 Å². The SMILES string of the molecule is Cc1nc(NC(=O)OCC2c3ccccc3-c3ccccc32)sc1C(=O)N1CCC(C(=O)O)C1. The summed E-state index contributed by atoms with van der Waals surface area (Å²) in [5, 5.41) is 12.1. The third-order valence-corrected chi connectivity index (χ3v) is 7.43. The number of nitrogens with one attached hydrogen (secondary N) is 1. The number of anilines is 1. The van der Waals surface area contributed by atoms with Crippen LogP contribution in [0.25, 0.3) is 11.1 Å². The Bertz CT molecular complexity index is 1240. The van der Waals surface area contributed by atoms with Gasteiger partial charge in [0, 0.05) is 19.0 Å². The molecule has 1 saturated heterocycles. The van der Waals surface area contributed by atoms with Crippen LogP contribution in [0.2, 0.25) is 0 Å². The molecular formula is C25H23N3O5S. The Kier molecular flexibility index (Phi) is 5.79. The summed E-state index contributed by atoms with van der Waals surface area (Å²) in [6.07, 6.45) is -0.203.